The van der Waals surface area contributed by atoms with Crippen LogP contribution in [0.25, 0.3) is 0 Å². The maximum absolute atomic E-state index is 4.14. The highest BCUT2D eigenvalue weighted by Gasteiger charge is 2.29. The number of nitrogens with one attached hydrogen (secondary N) is 2. The van der Waals surface area contributed by atoms with Gasteiger partial charge in [-0.25, -0.2) is 0 Å². The zero-order valence-electron chi connectivity index (χ0n) is 12.1. The van der Waals surface area contributed by atoms with Crippen LogP contribution in [0.3, 0.4) is 0 Å². The van der Waals surface area contributed by atoms with Crippen molar-refractivity contribution in [2.45, 2.75) is 46.5 Å². The summed E-state index contributed by atoms with van der Waals surface area (Å²) >= 11 is 0. The molecular weight excluding hydrogens is 210 g/mol. The monoisotopic (exact) mass is 239 g/mol. The van der Waals surface area contributed by atoms with Crippen molar-refractivity contribution < 1.29 is 0 Å². The Morgan fingerprint density at radius 2 is 1.76 bits per heavy atom. The lowest BCUT2D eigenvalue weighted by Gasteiger charge is -2.37. The highest BCUT2D eigenvalue weighted by Crippen LogP contribution is 2.39. The van der Waals surface area contributed by atoms with Crippen LogP contribution in [0.5, 0.6) is 0 Å². The highest BCUT2D eigenvalue weighted by atomic mass is 15.1. The fourth-order valence-corrected chi connectivity index (χ4v) is 2.75. The van der Waals surface area contributed by atoms with Gasteiger partial charge in [-0.05, 0) is 42.9 Å². The van der Waals surface area contributed by atoms with Crippen molar-refractivity contribution in [2.24, 2.45) is 22.2 Å². The van der Waals surface area contributed by atoms with E-state index in [0.717, 1.165) is 24.3 Å². The van der Waals surface area contributed by atoms with E-state index in [9.17, 15) is 0 Å². The number of hydrogen-bond donors (Lipinski definition) is 2. The van der Waals surface area contributed by atoms with Crippen LogP contribution in [0.1, 0.15) is 46.5 Å². The minimum absolute atomic E-state index is 0.486. The summed E-state index contributed by atoms with van der Waals surface area (Å²) in [5, 5.41) is 6.44. The Labute approximate surface area is 106 Å². The third kappa shape index (κ3) is 4.57. The van der Waals surface area contributed by atoms with Gasteiger partial charge in [-0.15, -0.1) is 0 Å². The van der Waals surface area contributed by atoms with Crippen molar-refractivity contribution in [3.8, 4) is 0 Å². The van der Waals surface area contributed by atoms with Crippen molar-refractivity contribution in [1.82, 2.24) is 10.6 Å². The predicted molar refractivity (Wildman–Crippen MR) is 75.3 cm³/mol. The molecule has 0 aromatic carbocycles. The van der Waals surface area contributed by atoms with Crippen LogP contribution in [0.15, 0.2) is 4.99 Å². The van der Waals surface area contributed by atoms with Gasteiger partial charge < -0.3 is 10.6 Å². The number of aliphatic imine (C=N–C) groups is 1. The fourth-order valence-electron chi connectivity index (χ4n) is 2.75. The molecule has 100 valence electrons. The molecule has 2 N–H and O–H groups in total. The van der Waals surface area contributed by atoms with Gasteiger partial charge in [0.05, 0.1) is 0 Å². The van der Waals surface area contributed by atoms with Crippen molar-refractivity contribution >= 4 is 5.96 Å². The van der Waals surface area contributed by atoms with Gasteiger partial charge in [0.25, 0.3) is 0 Å². The molecule has 0 bridgehead atoms. The van der Waals surface area contributed by atoms with Gasteiger partial charge in [0.2, 0.25) is 0 Å². The van der Waals surface area contributed by atoms with Gasteiger partial charge >= 0.3 is 0 Å². The van der Waals surface area contributed by atoms with E-state index in [1.807, 2.05) is 14.1 Å². The highest BCUT2D eigenvalue weighted by molar-refractivity contribution is 5.79. The SMILES string of the molecule is CN=C(NC)NCC1CCC(C(C)(C)C)CC1. The fraction of sp³-hybridized carbons (Fsp3) is 0.929. The van der Waals surface area contributed by atoms with E-state index < -0.39 is 0 Å². The van der Waals surface area contributed by atoms with Crippen LogP contribution in [0.4, 0.5) is 0 Å². The van der Waals surface area contributed by atoms with Crippen LogP contribution in [0, 0.1) is 17.3 Å². The molecule has 0 radical (unpaired) electrons. The molecule has 0 aliphatic heterocycles. The summed E-state index contributed by atoms with van der Waals surface area (Å²) in [5.41, 5.74) is 0.486. The summed E-state index contributed by atoms with van der Waals surface area (Å²) in [7, 11) is 3.72. The van der Waals surface area contributed by atoms with E-state index in [-0.39, 0.29) is 0 Å². The minimum atomic E-state index is 0.486. The summed E-state index contributed by atoms with van der Waals surface area (Å²) in [6, 6.07) is 0. The maximum Gasteiger partial charge on any atom is 0.190 e. The van der Waals surface area contributed by atoms with Gasteiger partial charge in [0.1, 0.15) is 0 Å². The minimum Gasteiger partial charge on any atom is -0.359 e. The zero-order chi connectivity index (χ0) is 12.9. The first-order valence-corrected chi connectivity index (χ1v) is 6.85. The molecule has 1 aliphatic rings. The second-order valence-corrected chi connectivity index (χ2v) is 6.29. The Morgan fingerprint density at radius 1 is 1.18 bits per heavy atom. The van der Waals surface area contributed by atoms with Crippen molar-refractivity contribution in [2.75, 3.05) is 20.6 Å². The summed E-state index contributed by atoms with van der Waals surface area (Å²) in [6.45, 7) is 8.18. The van der Waals surface area contributed by atoms with Crippen LogP contribution in [0.2, 0.25) is 0 Å². The van der Waals surface area contributed by atoms with E-state index in [4.69, 9.17) is 0 Å². The maximum atomic E-state index is 4.14. The van der Waals surface area contributed by atoms with E-state index in [2.05, 4.69) is 36.4 Å². The standard InChI is InChI=1S/C14H29N3/c1-14(2,3)12-8-6-11(7-9-12)10-17-13(15-4)16-5/h11-12H,6-10H2,1-5H3,(H2,15,16,17). The Morgan fingerprint density at radius 3 is 2.18 bits per heavy atom. The van der Waals surface area contributed by atoms with Gasteiger partial charge in [0.15, 0.2) is 5.96 Å². The van der Waals surface area contributed by atoms with E-state index in [1.54, 1.807) is 0 Å². The molecule has 1 aliphatic carbocycles. The molecule has 0 unspecified atom stereocenters. The average Bonchev–Trinajstić information content (AvgIpc) is 2.30. The van der Waals surface area contributed by atoms with Gasteiger partial charge in [-0.3, -0.25) is 4.99 Å². The quantitative estimate of drug-likeness (QED) is 0.574. The van der Waals surface area contributed by atoms with Crippen LogP contribution in [-0.2, 0) is 0 Å². The predicted octanol–water partition coefficient (Wildman–Crippen LogP) is 2.63. The lowest BCUT2D eigenvalue weighted by atomic mass is 9.70. The molecular formula is C14H29N3. The molecule has 1 fully saturated rings. The molecule has 17 heavy (non-hydrogen) atoms. The second-order valence-electron chi connectivity index (χ2n) is 6.29. The molecule has 3 nitrogen and oxygen atoms in total. The Balaban J connectivity index is 2.28. The smallest absolute Gasteiger partial charge is 0.190 e. The number of hydrogen-bond acceptors (Lipinski definition) is 1. The molecule has 0 aromatic heterocycles. The van der Waals surface area contributed by atoms with Crippen molar-refractivity contribution in [1.29, 1.82) is 0 Å². The molecule has 0 heterocycles. The molecule has 0 spiro atoms. The number of nitrogens with zero attached hydrogens (tertiary/aromatic N) is 1. The third-order valence-corrected chi connectivity index (χ3v) is 4.09. The van der Waals surface area contributed by atoms with E-state index >= 15 is 0 Å². The molecule has 0 aromatic rings. The molecule has 1 saturated carbocycles. The number of rotatable bonds is 2. The van der Waals surface area contributed by atoms with Gasteiger partial charge in [0, 0.05) is 20.6 Å². The number of guanidine groups is 1. The Kier molecular flexibility index (Phi) is 5.29. The van der Waals surface area contributed by atoms with E-state index in [1.165, 1.54) is 25.7 Å². The molecule has 0 amide bonds. The van der Waals surface area contributed by atoms with Gasteiger partial charge in [-0.2, -0.15) is 0 Å². The van der Waals surface area contributed by atoms with Gasteiger partial charge in [-0.1, -0.05) is 20.8 Å². The largest absolute Gasteiger partial charge is 0.359 e. The Hall–Kier alpha value is -0.730. The van der Waals surface area contributed by atoms with Crippen LogP contribution in [-0.4, -0.2) is 26.6 Å². The van der Waals surface area contributed by atoms with Crippen LogP contribution < -0.4 is 10.6 Å². The summed E-state index contributed by atoms with van der Waals surface area (Å²) < 4.78 is 0. The first-order valence-electron chi connectivity index (χ1n) is 6.85. The first-order chi connectivity index (χ1) is 7.97. The average molecular weight is 239 g/mol. The molecule has 0 saturated heterocycles. The van der Waals surface area contributed by atoms with E-state index in [0.29, 0.717) is 5.41 Å². The Bertz CT molecular complexity index is 245. The summed E-state index contributed by atoms with van der Waals surface area (Å²) in [5.74, 6) is 2.63. The molecule has 3 heteroatoms. The van der Waals surface area contributed by atoms with Crippen molar-refractivity contribution in [3.63, 3.8) is 0 Å². The topological polar surface area (TPSA) is 36.4 Å². The molecule has 0 atom stereocenters. The third-order valence-electron chi connectivity index (χ3n) is 4.09. The summed E-state index contributed by atoms with van der Waals surface area (Å²) in [4.78, 5) is 4.14. The zero-order valence-corrected chi connectivity index (χ0v) is 12.1. The van der Waals surface area contributed by atoms with Crippen LogP contribution >= 0.6 is 0 Å². The summed E-state index contributed by atoms with van der Waals surface area (Å²) in [6.07, 6.45) is 5.48. The lowest BCUT2D eigenvalue weighted by molar-refractivity contribution is 0.151. The second kappa shape index (κ2) is 6.27. The normalized spacial score (nSPS) is 26.8. The molecule has 1 rings (SSSR count). The lowest BCUT2D eigenvalue weighted by Crippen LogP contribution is -2.39. The first kappa shape index (κ1) is 14.3. The van der Waals surface area contributed by atoms with Crippen molar-refractivity contribution in [3.05, 3.63) is 0 Å².